The average Bonchev–Trinajstić information content (AvgIpc) is 3.23. The second-order valence-corrected chi connectivity index (χ2v) is 6.45. The molecule has 6 heteroatoms. The van der Waals surface area contributed by atoms with E-state index in [4.69, 9.17) is 0 Å². The van der Waals surface area contributed by atoms with E-state index in [1.807, 2.05) is 77.3 Å². The second-order valence-electron chi connectivity index (χ2n) is 6.45. The Morgan fingerprint density at radius 2 is 1.58 bits per heavy atom. The molecule has 6 nitrogen and oxygen atoms in total. The summed E-state index contributed by atoms with van der Waals surface area (Å²) in [6, 6.07) is 15.7. The second kappa shape index (κ2) is 7.00. The van der Waals surface area contributed by atoms with E-state index in [1.165, 1.54) is 0 Å². The van der Waals surface area contributed by atoms with Gasteiger partial charge in [-0.1, -0.05) is 0 Å². The average molecular weight is 347 g/mol. The number of amides is 1. The van der Waals surface area contributed by atoms with Gasteiger partial charge in [0, 0.05) is 49.8 Å². The van der Waals surface area contributed by atoms with Crippen LogP contribution in [-0.2, 0) is 0 Å². The molecular formula is C20H21N5O. The molecule has 3 heterocycles. The van der Waals surface area contributed by atoms with E-state index in [2.05, 4.69) is 15.1 Å². The minimum atomic E-state index is 0.0821. The highest BCUT2D eigenvalue weighted by molar-refractivity contribution is 5.94. The topological polar surface area (TPSA) is 54.3 Å². The monoisotopic (exact) mass is 347 g/mol. The summed E-state index contributed by atoms with van der Waals surface area (Å²) in [6.07, 6.45) is 3.98. The van der Waals surface area contributed by atoms with Gasteiger partial charge in [-0.3, -0.25) is 4.79 Å². The molecule has 0 aliphatic carbocycles. The third kappa shape index (κ3) is 3.31. The molecule has 3 aromatic rings. The van der Waals surface area contributed by atoms with Gasteiger partial charge < -0.3 is 14.4 Å². The fraction of sp³-hybridized carbons (Fsp3) is 0.250. The molecule has 0 spiro atoms. The van der Waals surface area contributed by atoms with Gasteiger partial charge in [-0.2, -0.15) is 5.10 Å². The zero-order valence-electron chi connectivity index (χ0n) is 14.7. The Morgan fingerprint density at radius 1 is 0.885 bits per heavy atom. The molecule has 0 saturated carbocycles. The van der Waals surface area contributed by atoms with Crippen LogP contribution in [0.4, 0.5) is 5.82 Å². The van der Waals surface area contributed by atoms with Gasteiger partial charge in [-0.15, -0.1) is 5.10 Å². The Bertz CT molecular complexity index is 864. The Morgan fingerprint density at radius 3 is 2.19 bits per heavy atom. The predicted octanol–water partition coefficient (Wildman–Crippen LogP) is 2.54. The number of anilines is 1. The standard InChI is InChI=1S/C20H21N5O/c1-16-4-9-19(22-21-16)24-12-14-25(15-13-24)20(26)17-5-7-18(8-6-17)23-10-2-3-11-23/h2-11H,12-15H2,1H3. The first-order valence-electron chi connectivity index (χ1n) is 8.79. The van der Waals surface area contributed by atoms with Crippen molar-refractivity contribution in [3.8, 4) is 5.69 Å². The van der Waals surface area contributed by atoms with E-state index < -0.39 is 0 Å². The lowest BCUT2D eigenvalue weighted by molar-refractivity contribution is 0.0746. The number of carbonyl (C=O) groups excluding carboxylic acids is 1. The molecule has 0 N–H and O–H groups in total. The van der Waals surface area contributed by atoms with E-state index in [0.29, 0.717) is 13.1 Å². The maximum absolute atomic E-state index is 12.8. The smallest absolute Gasteiger partial charge is 0.253 e. The number of hydrogen-bond acceptors (Lipinski definition) is 4. The minimum absolute atomic E-state index is 0.0821. The summed E-state index contributed by atoms with van der Waals surface area (Å²) in [5, 5.41) is 8.35. The first-order chi connectivity index (χ1) is 12.7. The van der Waals surface area contributed by atoms with Crippen molar-refractivity contribution < 1.29 is 4.79 Å². The fourth-order valence-corrected chi connectivity index (χ4v) is 3.16. The van der Waals surface area contributed by atoms with Gasteiger partial charge in [0.25, 0.3) is 5.91 Å². The molecule has 0 atom stereocenters. The summed E-state index contributed by atoms with van der Waals surface area (Å²) in [6.45, 7) is 4.84. The zero-order chi connectivity index (χ0) is 17.9. The van der Waals surface area contributed by atoms with Crippen LogP contribution in [0.25, 0.3) is 5.69 Å². The molecule has 1 fully saturated rings. The number of aryl methyl sites for hydroxylation is 1. The molecule has 1 aromatic carbocycles. The van der Waals surface area contributed by atoms with Gasteiger partial charge in [0.2, 0.25) is 0 Å². The molecule has 1 aliphatic heterocycles. The lowest BCUT2D eigenvalue weighted by Gasteiger charge is -2.35. The highest BCUT2D eigenvalue weighted by Gasteiger charge is 2.23. The lowest BCUT2D eigenvalue weighted by atomic mass is 10.1. The molecule has 0 bridgehead atoms. The number of nitrogens with zero attached hydrogens (tertiary/aromatic N) is 5. The van der Waals surface area contributed by atoms with Crippen LogP contribution < -0.4 is 4.90 Å². The Labute approximate surface area is 152 Å². The van der Waals surface area contributed by atoms with Crippen molar-refractivity contribution in [1.29, 1.82) is 0 Å². The lowest BCUT2D eigenvalue weighted by Crippen LogP contribution is -2.49. The third-order valence-electron chi connectivity index (χ3n) is 4.69. The number of benzene rings is 1. The Hall–Kier alpha value is -3.15. The number of aromatic nitrogens is 3. The van der Waals surface area contributed by atoms with Crippen LogP contribution in [0.2, 0.25) is 0 Å². The maximum atomic E-state index is 12.8. The van der Waals surface area contributed by atoms with Crippen molar-refractivity contribution in [3.05, 3.63) is 72.2 Å². The number of piperazine rings is 1. The fourth-order valence-electron chi connectivity index (χ4n) is 3.16. The summed E-state index contributed by atoms with van der Waals surface area (Å²) < 4.78 is 2.02. The zero-order valence-corrected chi connectivity index (χ0v) is 14.7. The van der Waals surface area contributed by atoms with E-state index in [0.717, 1.165) is 35.9 Å². The van der Waals surface area contributed by atoms with Crippen molar-refractivity contribution in [2.75, 3.05) is 31.1 Å². The quantitative estimate of drug-likeness (QED) is 0.731. The highest BCUT2D eigenvalue weighted by atomic mass is 16.2. The summed E-state index contributed by atoms with van der Waals surface area (Å²) in [5.41, 5.74) is 2.68. The first-order valence-corrected chi connectivity index (χ1v) is 8.79. The van der Waals surface area contributed by atoms with Crippen molar-refractivity contribution >= 4 is 11.7 Å². The van der Waals surface area contributed by atoms with Gasteiger partial charge in [0.15, 0.2) is 5.82 Å². The van der Waals surface area contributed by atoms with E-state index in [-0.39, 0.29) is 5.91 Å². The summed E-state index contributed by atoms with van der Waals surface area (Å²) >= 11 is 0. The molecule has 1 aliphatic rings. The predicted molar refractivity (Wildman–Crippen MR) is 101 cm³/mol. The molecule has 0 radical (unpaired) electrons. The third-order valence-corrected chi connectivity index (χ3v) is 4.69. The van der Waals surface area contributed by atoms with Crippen LogP contribution in [0.3, 0.4) is 0 Å². The molecule has 4 rings (SSSR count). The van der Waals surface area contributed by atoms with Crippen LogP contribution >= 0.6 is 0 Å². The van der Waals surface area contributed by atoms with Gasteiger partial charge in [-0.05, 0) is 55.5 Å². The van der Waals surface area contributed by atoms with Crippen molar-refractivity contribution in [1.82, 2.24) is 19.7 Å². The minimum Gasteiger partial charge on any atom is -0.352 e. The Balaban J connectivity index is 1.39. The van der Waals surface area contributed by atoms with Crippen molar-refractivity contribution in [2.24, 2.45) is 0 Å². The van der Waals surface area contributed by atoms with Gasteiger partial charge in [0.05, 0.1) is 5.69 Å². The first kappa shape index (κ1) is 16.3. The molecule has 1 saturated heterocycles. The van der Waals surface area contributed by atoms with Crippen molar-refractivity contribution in [3.63, 3.8) is 0 Å². The molecule has 1 amide bonds. The van der Waals surface area contributed by atoms with Gasteiger partial charge in [-0.25, -0.2) is 0 Å². The summed E-state index contributed by atoms with van der Waals surface area (Å²) in [5.74, 6) is 0.956. The SMILES string of the molecule is Cc1ccc(N2CCN(C(=O)c3ccc(-n4cccc4)cc3)CC2)nn1. The van der Waals surface area contributed by atoms with Crippen molar-refractivity contribution in [2.45, 2.75) is 6.92 Å². The van der Waals surface area contributed by atoms with E-state index >= 15 is 0 Å². The van der Waals surface area contributed by atoms with Crippen LogP contribution in [0.5, 0.6) is 0 Å². The van der Waals surface area contributed by atoms with E-state index in [9.17, 15) is 4.79 Å². The van der Waals surface area contributed by atoms with Crippen LogP contribution in [-0.4, -0.2) is 51.8 Å². The summed E-state index contributed by atoms with van der Waals surface area (Å²) in [4.78, 5) is 16.8. The van der Waals surface area contributed by atoms with Gasteiger partial charge in [0.1, 0.15) is 0 Å². The molecular weight excluding hydrogens is 326 g/mol. The molecule has 2 aromatic heterocycles. The number of carbonyl (C=O) groups is 1. The summed E-state index contributed by atoms with van der Waals surface area (Å²) in [7, 11) is 0. The van der Waals surface area contributed by atoms with Crippen LogP contribution in [0.15, 0.2) is 60.9 Å². The van der Waals surface area contributed by atoms with E-state index in [1.54, 1.807) is 0 Å². The van der Waals surface area contributed by atoms with Gasteiger partial charge >= 0.3 is 0 Å². The Kier molecular flexibility index (Phi) is 4.39. The molecule has 132 valence electrons. The molecule has 0 unspecified atom stereocenters. The number of hydrogen-bond donors (Lipinski definition) is 0. The number of rotatable bonds is 3. The largest absolute Gasteiger partial charge is 0.352 e. The normalized spacial score (nSPS) is 14.5. The maximum Gasteiger partial charge on any atom is 0.253 e. The highest BCUT2D eigenvalue weighted by Crippen LogP contribution is 2.16. The van der Waals surface area contributed by atoms with Crippen LogP contribution in [0, 0.1) is 6.92 Å². The van der Waals surface area contributed by atoms with Crippen LogP contribution in [0.1, 0.15) is 16.1 Å². The molecule has 26 heavy (non-hydrogen) atoms.